The molecule has 1 aliphatic rings. The predicted octanol–water partition coefficient (Wildman–Crippen LogP) is 4.12. The van der Waals surface area contributed by atoms with E-state index < -0.39 is 0 Å². The third-order valence-corrected chi connectivity index (χ3v) is 4.15. The summed E-state index contributed by atoms with van der Waals surface area (Å²) in [5.74, 6) is -0.177. The van der Waals surface area contributed by atoms with Gasteiger partial charge < -0.3 is 10.2 Å². The van der Waals surface area contributed by atoms with Gasteiger partial charge in [-0.2, -0.15) is 0 Å². The summed E-state index contributed by atoms with van der Waals surface area (Å²) in [5, 5.41) is 3.20. The van der Waals surface area contributed by atoms with Crippen molar-refractivity contribution in [3.05, 3.63) is 65.2 Å². The van der Waals surface area contributed by atoms with E-state index in [2.05, 4.69) is 5.32 Å². The van der Waals surface area contributed by atoms with E-state index in [1.807, 2.05) is 30.3 Å². The average Bonchev–Trinajstić information content (AvgIpc) is 3.02. The van der Waals surface area contributed by atoms with Crippen LogP contribution in [0, 0.1) is 0 Å². The second-order valence-corrected chi connectivity index (χ2v) is 5.95. The maximum atomic E-state index is 12.1. The zero-order valence-corrected chi connectivity index (χ0v) is 13.8. The van der Waals surface area contributed by atoms with E-state index in [1.165, 1.54) is 6.08 Å². The Morgan fingerprint density at radius 1 is 1.17 bits per heavy atom. The van der Waals surface area contributed by atoms with Gasteiger partial charge in [0.1, 0.15) is 0 Å². The average molecular weight is 341 g/mol. The summed E-state index contributed by atoms with van der Waals surface area (Å²) in [4.78, 5) is 25.7. The summed E-state index contributed by atoms with van der Waals surface area (Å²) in [6.45, 7) is 0.696. The lowest BCUT2D eigenvalue weighted by Crippen LogP contribution is -2.23. The number of nitrogens with one attached hydrogen (secondary N) is 1. The van der Waals surface area contributed by atoms with E-state index in [1.54, 1.807) is 29.2 Å². The molecule has 3 rings (SSSR count). The van der Waals surface area contributed by atoms with Crippen molar-refractivity contribution < 1.29 is 9.59 Å². The molecule has 24 heavy (non-hydrogen) atoms. The third kappa shape index (κ3) is 3.84. The van der Waals surface area contributed by atoms with Gasteiger partial charge in [0.2, 0.25) is 11.8 Å². The molecular formula is C19H17ClN2O2. The van der Waals surface area contributed by atoms with E-state index in [4.69, 9.17) is 11.6 Å². The van der Waals surface area contributed by atoms with Crippen LogP contribution in [0.15, 0.2) is 54.6 Å². The Bertz CT molecular complexity index is 787. The molecule has 1 aliphatic heterocycles. The molecule has 2 amide bonds. The number of hydrogen-bond donors (Lipinski definition) is 1. The van der Waals surface area contributed by atoms with Gasteiger partial charge in [-0.1, -0.05) is 41.9 Å². The molecule has 1 N–H and O–H groups in total. The molecule has 0 spiro atoms. The minimum Gasteiger partial charge on any atom is -0.321 e. The third-order valence-electron chi connectivity index (χ3n) is 3.82. The number of hydrogen-bond acceptors (Lipinski definition) is 2. The van der Waals surface area contributed by atoms with Crippen LogP contribution in [0.5, 0.6) is 0 Å². The van der Waals surface area contributed by atoms with Crippen molar-refractivity contribution in [2.45, 2.75) is 12.8 Å². The van der Waals surface area contributed by atoms with Crippen LogP contribution < -0.4 is 10.2 Å². The number of anilines is 2. The Kier molecular flexibility index (Phi) is 4.96. The van der Waals surface area contributed by atoms with Crippen molar-refractivity contribution in [1.29, 1.82) is 0 Å². The van der Waals surface area contributed by atoms with Gasteiger partial charge in [0.25, 0.3) is 0 Å². The molecule has 1 fully saturated rings. The Morgan fingerprint density at radius 2 is 1.96 bits per heavy atom. The molecular weight excluding hydrogens is 324 g/mol. The highest BCUT2D eigenvalue weighted by Gasteiger charge is 2.22. The highest BCUT2D eigenvalue weighted by Crippen LogP contribution is 2.29. The SMILES string of the molecule is O=C(C=Cc1ccccc1)Nc1cc(N2CCCC2=O)ccc1Cl. The Labute approximate surface area is 145 Å². The first-order valence-corrected chi connectivity index (χ1v) is 8.15. The maximum Gasteiger partial charge on any atom is 0.248 e. The summed E-state index contributed by atoms with van der Waals surface area (Å²) in [5.41, 5.74) is 2.19. The van der Waals surface area contributed by atoms with Gasteiger partial charge in [0.15, 0.2) is 0 Å². The normalized spacial score (nSPS) is 14.4. The summed E-state index contributed by atoms with van der Waals surface area (Å²) >= 11 is 6.16. The van der Waals surface area contributed by atoms with Gasteiger partial charge in [-0.15, -0.1) is 0 Å². The van der Waals surface area contributed by atoms with E-state index in [9.17, 15) is 9.59 Å². The Hall–Kier alpha value is -2.59. The number of carbonyl (C=O) groups excluding carboxylic acids is 2. The molecule has 1 heterocycles. The minimum atomic E-state index is -0.273. The van der Waals surface area contributed by atoms with Crippen molar-refractivity contribution >= 4 is 40.9 Å². The fourth-order valence-corrected chi connectivity index (χ4v) is 2.77. The van der Waals surface area contributed by atoms with Gasteiger partial charge in [0, 0.05) is 24.7 Å². The largest absolute Gasteiger partial charge is 0.321 e. The molecule has 0 bridgehead atoms. The number of nitrogens with zero attached hydrogens (tertiary/aromatic N) is 1. The molecule has 2 aromatic carbocycles. The monoisotopic (exact) mass is 340 g/mol. The molecule has 0 saturated carbocycles. The van der Waals surface area contributed by atoms with Crippen LogP contribution in [0.4, 0.5) is 11.4 Å². The smallest absolute Gasteiger partial charge is 0.248 e. The first-order chi connectivity index (χ1) is 11.6. The molecule has 0 unspecified atom stereocenters. The van der Waals surface area contributed by atoms with Crippen LogP contribution in [-0.4, -0.2) is 18.4 Å². The first kappa shape index (κ1) is 16.3. The van der Waals surface area contributed by atoms with E-state index in [-0.39, 0.29) is 11.8 Å². The van der Waals surface area contributed by atoms with Crippen LogP contribution in [0.3, 0.4) is 0 Å². The summed E-state index contributed by atoms with van der Waals surface area (Å²) in [6.07, 6.45) is 4.60. The van der Waals surface area contributed by atoms with E-state index in [0.717, 1.165) is 17.7 Å². The molecule has 0 aromatic heterocycles. The van der Waals surface area contributed by atoms with Crippen molar-refractivity contribution in [2.24, 2.45) is 0 Å². The fourth-order valence-electron chi connectivity index (χ4n) is 2.61. The lowest BCUT2D eigenvalue weighted by atomic mass is 10.2. The van der Waals surface area contributed by atoms with Crippen LogP contribution in [0.25, 0.3) is 6.08 Å². The van der Waals surface area contributed by atoms with Gasteiger partial charge in [-0.3, -0.25) is 9.59 Å². The minimum absolute atomic E-state index is 0.0959. The number of amides is 2. The zero-order valence-electron chi connectivity index (χ0n) is 13.0. The van der Waals surface area contributed by atoms with Crippen molar-refractivity contribution in [3.8, 4) is 0 Å². The van der Waals surface area contributed by atoms with Crippen LogP contribution >= 0.6 is 11.6 Å². The number of rotatable bonds is 4. The molecule has 0 aliphatic carbocycles. The molecule has 1 saturated heterocycles. The summed E-state index contributed by atoms with van der Waals surface area (Å²) in [7, 11) is 0. The Morgan fingerprint density at radius 3 is 2.67 bits per heavy atom. The van der Waals surface area contributed by atoms with Crippen molar-refractivity contribution in [3.63, 3.8) is 0 Å². The summed E-state index contributed by atoms with van der Waals surface area (Å²) in [6, 6.07) is 14.8. The standard InChI is InChI=1S/C19H17ClN2O2/c20-16-10-9-15(22-12-4-7-19(22)24)13-17(16)21-18(23)11-8-14-5-2-1-3-6-14/h1-3,5-6,8-11,13H,4,7,12H2,(H,21,23). The van der Waals surface area contributed by atoms with Crippen LogP contribution in [0.2, 0.25) is 5.02 Å². The molecule has 0 atom stereocenters. The topological polar surface area (TPSA) is 49.4 Å². The second-order valence-electron chi connectivity index (χ2n) is 5.55. The van der Waals surface area contributed by atoms with E-state index >= 15 is 0 Å². The summed E-state index contributed by atoms with van der Waals surface area (Å²) < 4.78 is 0. The van der Waals surface area contributed by atoms with Crippen molar-refractivity contribution in [1.82, 2.24) is 0 Å². The van der Waals surface area contributed by atoms with Gasteiger partial charge >= 0.3 is 0 Å². The zero-order chi connectivity index (χ0) is 16.9. The Balaban J connectivity index is 1.73. The molecule has 5 heteroatoms. The number of halogens is 1. The molecule has 122 valence electrons. The number of carbonyl (C=O) groups is 2. The van der Waals surface area contributed by atoms with Crippen molar-refractivity contribution in [2.75, 3.05) is 16.8 Å². The lowest BCUT2D eigenvalue weighted by molar-refractivity contribution is -0.117. The predicted molar refractivity (Wildman–Crippen MR) is 97.1 cm³/mol. The quantitative estimate of drug-likeness (QED) is 0.851. The molecule has 4 nitrogen and oxygen atoms in total. The highest BCUT2D eigenvalue weighted by atomic mass is 35.5. The van der Waals surface area contributed by atoms with Gasteiger partial charge in [0.05, 0.1) is 10.7 Å². The van der Waals surface area contributed by atoms with Gasteiger partial charge in [-0.05, 0) is 36.3 Å². The van der Waals surface area contributed by atoms with Crippen LogP contribution in [0.1, 0.15) is 18.4 Å². The second kappa shape index (κ2) is 7.32. The molecule has 0 radical (unpaired) electrons. The first-order valence-electron chi connectivity index (χ1n) is 7.77. The highest BCUT2D eigenvalue weighted by molar-refractivity contribution is 6.34. The lowest BCUT2D eigenvalue weighted by Gasteiger charge is -2.17. The van der Waals surface area contributed by atoms with E-state index in [0.29, 0.717) is 23.7 Å². The van der Waals surface area contributed by atoms with Gasteiger partial charge in [-0.25, -0.2) is 0 Å². The molecule has 2 aromatic rings. The maximum absolute atomic E-state index is 12.1. The van der Waals surface area contributed by atoms with Crippen LogP contribution in [-0.2, 0) is 9.59 Å². The number of benzene rings is 2. The fraction of sp³-hybridized carbons (Fsp3) is 0.158.